The fraction of sp³-hybridized carbons (Fsp3) is 0.0522. The number of rotatable bonds is 6. The predicted molar refractivity (Wildman–Crippen MR) is 505 cm³/mol. The first kappa shape index (κ1) is 69.9. The van der Waals surface area contributed by atoms with E-state index in [1.807, 2.05) is 91.0 Å². The van der Waals surface area contributed by atoms with Crippen molar-refractivity contribution in [2.24, 2.45) is 0 Å². The smallest absolute Gasteiger partial charge is 0.227 e. The molecule has 0 unspecified atom stereocenters. The van der Waals surface area contributed by atoms with Gasteiger partial charge < -0.3 is 13.3 Å². The molecule has 121 heavy (non-hydrogen) atoms. The fourth-order valence-corrected chi connectivity index (χ4v) is 19.9. The van der Waals surface area contributed by atoms with E-state index in [0.29, 0.717) is 17.7 Å². The van der Waals surface area contributed by atoms with Crippen molar-refractivity contribution in [3.05, 3.63) is 404 Å². The largest absolute Gasteiger partial charge is 0.435 e. The Morgan fingerprint density at radius 1 is 0.190 bits per heavy atom. The van der Waals surface area contributed by atoms with Crippen LogP contribution in [0.5, 0.6) is 0 Å². The first-order valence-electron chi connectivity index (χ1n) is 41.7. The van der Waals surface area contributed by atoms with Crippen molar-refractivity contribution in [1.29, 1.82) is 0 Å². The molecule has 3 heterocycles. The van der Waals surface area contributed by atoms with E-state index in [9.17, 15) is 0 Å². The maximum atomic E-state index is 6.41. The van der Waals surface area contributed by atoms with Gasteiger partial charge in [-0.1, -0.05) is 319 Å². The molecule has 0 aliphatic heterocycles. The molecule has 6 nitrogen and oxygen atoms in total. The predicted octanol–water partition coefficient (Wildman–Crippen LogP) is 31.6. The molecule has 6 heteroatoms. The molecular formula is C115H75N3O3. The van der Waals surface area contributed by atoms with Gasteiger partial charge in [0, 0.05) is 43.7 Å². The van der Waals surface area contributed by atoms with Gasteiger partial charge in [0.15, 0.2) is 16.7 Å². The van der Waals surface area contributed by atoms with Crippen molar-refractivity contribution in [2.45, 2.75) is 38.5 Å². The van der Waals surface area contributed by atoms with Crippen LogP contribution in [0, 0.1) is 0 Å². The van der Waals surface area contributed by atoms with Crippen LogP contribution in [-0.2, 0) is 10.8 Å². The zero-order chi connectivity index (χ0) is 80.3. The molecule has 568 valence electrons. The van der Waals surface area contributed by atoms with Gasteiger partial charge in [-0.2, -0.15) is 0 Å². The van der Waals surface area contributed by atoms with Gasteiger partial charge >= 0.3 is 0 Å². The van der Waals surface area contributed by atoms with Crippen LogP contribution in [-0.4, -0.2) is 15.0 Å². The van der Waals surface area contributed by atoms with Gasteiger partial charge in [-0.3, -0.25) is 0 Å². The van der Waals surface area contributed by atoms with Crippen LogP contribution in [0.3, 0.4) is 0 Å². The molecule has 3 aromatic heterocycles. The molecule has 2 aliphatic carbocycles. The zero-order valence-electron chi connectivity index (χ0n) is 66.9. The fourth-order valence-electron chi connectivity index (χ4n) is 19.9. The molecule has 0 spiro atoms. The lowest BCUT2D eigenvalue weighted by Gasteiger charge is -2.22. The molecule has 0 saturated carbocycles. The van der Waals surface area contributed by atoms with Crippen LogP contribution in [0.25, 0.3) is 231 Å². The molecule has 26 rings (SSSR count). The van der Waals surface area contributed by atoms with Gasteiger partial charge in [0.25, 0.3) is 0 Å². The monoisotopic (exact) mass is 1550 g/mol. The number of aromatic nitrogens is 3. The molecule has 0 N–H and O–H groups in total. The lowest BCUT2D eigenvalue weighted by Crippen LogP contribution is -2.15. The summed E-state index contributed by atoms with van der Waals surface area (Å²) in [4.78, 5) is 14.4. The molecule has 0 amide bonds. The summed E-state index contributed by atoms with van der Waals surface area (Å²) in [6.45, 7) is 9.38. The van der Waals surface area contributed by atoms with E-state index in [1.165, 1.54) is 153 Å². The summed E-state index contributed by atoms with van der Waals surface area (Å²) in [5.41, 5.74) is 26.4. The number of nitrogens with zero attached hydrogens (tertiary/aromatic N) is 3. The van der Waals surface area contributed by atoms with Crippen LogP contribution >= 0.6 is 0 Å². The molecule has 0 fully saturated rings. The Balaban J connectivity index is 0.000000103. The van der Waals surface area contributed by atoms with Crippen LogP contribution in [0.1, 0.15) is 49.9 Å². The summed E-state index contributed by atoms with van der Waals surface area (Å²) in [6.07, 6.45) is 0. The second-order valence-electron chi connectivity index (χ2n) is 33.6. The van der Waals surface area contributed by atoms with E-state index in [0.717, 1.165) is 82.3 Å². The summed E-state index contributed by atoms with van der Waals surface area (Å²) < 4.78 is 19.2. The van der Waals surface area contributed by atoms with E-state index in [4.69, 9.17) is 28.2 Å². The van der Waals surface area contributed by atoms with Crippen LogP contribution in [0.15, 0.2) is 395 Å². The first-order chi connectivity index (χ1) is 59.4. The highest BCUT2D eigenvalue weighted by atomic mass is 16.4. The van der Waals surface area contributed by atoms with Crippen LogP contribution < -0.4 is 0 Å². The number of oxazole rings is 3. The third-order valence-corrected chi connectivity index (χ3v) is 26.0. The van der Waals surface area contributed by atoms with Crippen molar-refractivity contribution >= 4 is 141 Å². The highest BCUT2D eigenvalue weighted by Gasteiger charge is 2.38. The van der Waals surface area contributed by atoms with Crippen molar-refractivity contribution in [2.75, 3.05) is 0 Å². The Labute approximate surface area is 697 Å². The molecule has 0 atom stereocenters. The molecule has 0 bridgehead atoms. The minimum absolute atomic E-state index is 0.0106. The summed E-state index contributed by atoms with van der Waals surface area (Å²) in [7, 11) is 0. The van der Waals surface area contributed by atoms with Crippen molar-refractivity contribution in [3.63, 3.8) is 0 Å². The zero-order valence-corrected chi connectivity index (χ0v) is 66.9. The second kappa shape index (κ2) is 27.1. The Bertz CT molecular complexity index is 8430. The number of fused-ring (bicyclic) bond motifs is 29. The van der Waals surface area contributed by atoms with E-state index >= 15 is 0 Å². The Morgan fingerprint density at radius 2 is 0.504 bits per heavy atom. The second-order valence-corrected chi connectivity index (χ2v) is 33.6. The molecule has 0 saturated heterocycles. The maximum absolute atomic E-state index is 6.41. The lowest BCUT2D eigenvalue weighted by molar-refractivity contribution is 0.623. The van der Waals surface area contributed by atoms with E-state index in [2.05, 4.69) is 319 Å². The van der Waals surface area contributed by atoms with Crippen molar-refractivity contribution in [1.82, 2.24) is 15.0 Å². The normalized spacial score (nSPS) is 13.1. The maximum Gasteiger partial charge on any atom is 0.227 e. The average molecular weight is 1550 g/mol. The topological polar surface area (TPSA) is 78.1 Å². The third kappa shape index (κ3) is 11.2. The van der Waals surface area contributed by atoms with Gasteiger partial charge in [-0.05, 0) is 260 Å². The standard InChI is InChI=1S/C40H27NO.C39H23NO.C36H25NO/c1-40(2)33-20-16-24-8-6-7-11-30(24)37(33)32-19-15-28(23-34(32)40)27-14-18-31-29(22-27)13-12-25-17-21-35-38(36(25)31)42-39(41-35)26-9-4-3-5-10-26;1-2-8-25(9-3-1)39-40-36-21-18-24-14-15-28-22-26(16-19-29(28)37(24)38(36)41-39)27-17-20-34-32-12-5-4-10-30(32)31-11-6-7-13-33(31)35(34)23-27;1-36(2)30-11-7-6-10-28(30)29-18-15-25(21-31(29)36)24-14-17-27-26(20-24)13-12-22-16-19-32-34(33(22)27)38-35(37-32)23-8-4-3-5-9-23/h3-23H,1-2H3;1-23H;3-21H,1-2H3. The van der Waals surface area contributed by atoms with Gasteiger partial charge in [-0.25, -0.2) is 15.0 Å². The van der Waals surface area contributed by atoms with Gasteiger partial charge in [-0.15, -0.1) is 0 Å². The number of hydrogen-bond donors (Lipinski definition) is 0. The van der Waals surface area contributed by atoms with E-state index < -0.39 is 0 Å². The first-order valence-corrected chi connectivity index (χ1v) is 41.7. The molecule has 2 aliphatic rings. The highest BCUT2D eigenvalue weighted by Crippen LogP contribution is 2.54. The molecule has 0 radical (unpaired) electrons. The van der Waals surface area contributed by atoms with Gasteiger partial charge in [0.1, 0.15) is 16.6 Å². The Kier molecular flexibility index (Phi) is 15.7. The summed E-state index contributed by atoms with van der Waals surface area (Å²) in [5.74, 6) is 1.96. The number of hydrogen-bond acceptors (Lipinski definition) is 6. The van der Waals surface area contributed by atoms with E-state index in [1.54, 1.807) is 0 Å². The SMILES string of the molecule is CC1(C)c2cc(-c3ccc4c(ccc5ccc6nc(-c7ccccc7)oc6c54)c3)ccc2-c2c1ccc1ccccc21.CC1(C)c2ccccc2-c2ccc(-c3ccc4c(ccc5ccc6nc(-c7ccccc7)oc6c54)c3)cc21.c1ccc(-c2nc3ccc4ccc5cc(-c6ccc7c8ccccc8c8ccccc8c7c6)ccc5c4c3o2)cc1. The molecule has 24 aromatic rings. The quantitative estimate of drug-likeness (QED) is 0.154. The summed E-state index contributed by atoms with van der Waals surface area (Å²) in [5, 5.41) is 24.3. The Morgan fingerprint density at radius 3 is 0.967 bits per heavy atom. The summed E-state index contributed by atoms with van der Waals surface area (Å²) >= 11 is 0. The third-order valence-electron chi connectivity index (χ3n) is 26.0. The highest BCUT2D eigenvalue weighted by molar-refractivity contribution is 6.27. The Hall–Kier alpha value is -15.4. The average Bonchev–Trinajstić information content (AvgIpc) is 1.59. The van der Waals surface area contributed by atoms with Crippen molar-refractivity contribution < 1.29 is 13.3 Å². The van der Waals surface area contributed by atoms with Gasteiger partial charge in [0.2, 0.25) is 17.7 Å². The van der Waals surface area contributed by atoms with Crippen molar-refractivity contribution in [3.8, 4) is 90.0 Å². The molecular weight excluding hydrogens is 1470 g/mol. The summed E-state index contributed by atoms with van der Waals surface area (Å²) in [6, 6.07) is 137. The minimum Gasteiger partial charge on any atom is -0.435 e. The van der Waals surface area contributed by atoms with Gasteiger partial charge in [0.05, 0.1) is 0 Å². The van der Waals surface area contributed by atoms with Crippen LogP contribution in [0.2, 0.25) is 0 Å². The number of benzene rings is 21. The van der Waals surface area contributed by atoms with E-state index in [-0.39, 0.29) is 10.8 Å². The lowest BCUT2D eigenvalue weighted by atomic mass is 9.81. The minimum atomic E-state index is -0.0634. The van der Waals surface area contributed by atoms with Crippen LogP contribution in [0.4, 0.5) is 0 Å². The molecule has 21 aromatic carbocycles.